The number of nitrogens with zero attached hydrogens (tertiary/aromatic N) is 2. The molecule has 0 saturated carbocycles. The van der Waals surface area contributed by atoms with E-state index in [4.69, 9.17) is 18.9 Å². The van der Waals surface area contributed by atoms with Crippen molar-refractivity contribution >= 4 is 27.5 Å². The van der Waals surface area contributed by atoms with Gasteiger partial charge in [0.25, 0.3) is 10.0 Å². The van der Waals surface area contributed by atoms with Gasteiger partial charge in [0.1, 0.15) is 24.1 Å². The van der Waals surface area contributed by atoms with E-state index in [1.165, 1.54) is 37.3 Å². The fourth-order valence-electron chi connectivity index (χ4n) is 5.48. The van der Waals surface area contributed by atoms with Gasteiger partial charge in [0.05, 0.1) is 38.5 Å². The van der Waals surface area contributed by atoms with Crippen LogP contribution in [0.25, 0.3) is 0 Å². The SMILES string of the molecule is CCOc1ccc(N(CC(=O)N(Cc2cccc(OC)c2)C(Cc2ccccc2)C(=O)NC(C)(C)C)S(=O)(=O)c2ccc(OC)c(OC)c2)cc1. The van der Waals surface area contributed by atoms with Crippen molar-refractivity contribution in [1.29, 1.82) is 0 Å². The minimum Gasteiger partial charge on any atom is -0.497 e. The van der Waals surface area contributed by atoms with E-state index in [2.05, 4.69) is 5.32 Å². The molecule has 12 heteroatoms. The fraction of sp³-hybridized carbons (Fsp3) is 0.333. The molecule has 4 rings (SSSR count). The second kappa shape index (κ2) is 17.1. The van der Waals surface area contributed by atoms with E-state index in [9.17, 15) is 18.0 Å². The average Bonchev–Trinajstić information content (AvgIpc) is 3.11. The largest absolute Gasteiger partial charge is 0.497 e. The number of hydrogen-bond donors (Lipinski definition) is 1. The summed E-state index contributed by atoms with van der Waals surface area (Å²) in [6.45, 7) is 7.23. The van der Waals surface area contributed by atoms with Crippen molar-refractivity contribution in [3.05, 3.63) is 108 Å². The number of carbonyl (C=O) groups excluding carboxylic acids is 2. The van der Waals surface area contributed by atoms with Crippen molar-refractivity contribution in [2.45, 2.75) is 57.1 Å². The molecule has 0 spiro atoms. The van der Waals surface area contributed by atoms with Gasteiger partial charge in [-0.2, -0.15) is 0 Å². The van der Waals surface area contributed by atoms with Crippen LogP contribution in [0.1, 0.15) is 38.8 Å². The van der Waals surface area contributed by atoms with Crippen LogP contribution in [-0.2, 0) is 32.6 Å². The van der Waals surface area contributed by atoms with Gasteiger partial charge >= 0.3 is 0 Å². The van der Waals surface area contributed by atoms with Crippen LogP contribution < -0.4 is 28.6 Å². The van der Waals surface area contributed by atoms with Crippen molar-refractivity contribution in [2.75, 3.05) is 38.8 Å². The molecule has 1 unspecified atom stereocenters. The van der Waals surface area contributed by atoms with Gasteiger partial charge in [-0.3, -0.25) is 13.9 Å². The number of amides is 2. The number of carbonyl (C=O) groups is 2. The molecule has 51 heavy (non-hydrogen) atoms. The van der Waals surface area contributed by atoms with Gasteiger partial charge in [0, 0.05) is 24.6 Å². The number of nitrogens with one attached hydrogen (secondary N) is 1. The number of methoxy groups -OCH3 is 3. The highest BCUT2D eigenvalue weighted by Gasteiger charge is 2.36. The zero-order valence-electron chi connectivity index (χ0n) is 30.2. The van der Waals surface area contributed by atoms with Gasteiger partial charge in [0.15, 0.2) is 11.5 Å². The Hall–Kier alpha value is -5.23. The third kappa shape index (κ3) is 10.2. The second-order valence-corrected chi connectivity index (χ2v) is 14.6. The smallest absolute Gasteiger partial charge is 0.264 e. The molecule has 1 atom stereocenters. The third-order valence-electron chi connectivity index (χ3n) is 7.91. The monoisotopic (exact) mass is 717 g/mol. The Labute approximate surface area is 301 Å². The quantitative estimate of drug-likeness (QED) is 0.153. The minimum absolute atomic E-state index is 0.00137. The van der Waals surface area contributed by atoms with Crippen LogP contribution in [-0.4, -0.2) is 71.2 Å². The number of hydrogen-bond acceptors (Lipinski definition) is 8. The Morgan fingerprint density at radius 1 is 0.765 bits per heavy atom. The van der Waals surface area contributed by atoms with Crippen LogP contribution in [0, 0.1) is 0 Å². The summed E-state index contributed by atoms with van der Waals surface area (Å²) in [5, 5.41) is 3.04. The average molecular weight is 718 g/mol. The van der Waals surface area contributed by atoms with Crippen LogP contribution in [0.4, 0.5) is 5.69 Å². The van der Waals surface area contributed by atoms with E-state index in [-0.39, 0.29) is 35.2 Å². The molecular formula is C39H47N3O8S. The van der Waals surface area contributed by atoms with Gasteiger partial charge in [-0.25, -0.2) is 8.42 Å². The fourth-order valence-corrected chi connectivity index (χ4v) is 6.91. The summed E-state index contributed by atoms with van der Waals surface area (Å²) in [5.41, 5.74) is 1.14. The molecule has 0 heterocycles. The lowest BCUT2D eigenvalue weighted by atomic mass is 10.0. The van der Waals surface area contributed by atoms with Crippen LogP contribution in [0.5, 0.6) is 23.0 Å². The normalized spacial score (nSPS) is 12.0. The lowest BCUT2D eigenvalue weighted by molar-refractivity contribution is -0.140. The molecule has 0 fully saturated rings. The molecule has 0 aliphatic heterocycles. The van der Waals surface area contributed by atoms with E-state index < -0.39 is 34.1 Å². The highest BCUT2D eigenvalue weighted by atomic mass is 32.2. The Kier molecular flexibility index (Phi) is 13.0. The third-order valence-corrected chi connectivity index (χ3v) is 9.68. The second-order valence-electron chi connectivity index (χ2n) is 12.8. The molecule has 1 N–H and O–H groups in total. The van der Waals surface area contributed by atoms with Crippen molar-refractivity contribution in [3.63, 3.8) is 0 Å². The number of sulfonamides is 1. The first-order valence-corrected chi connectivity index (χ1v) is 18.0. The summed E-state index contributed by atoms with van der Waals surface area (Å²) in [5.74, 6) is 0.693. The topological polar surface area (TPSA) is 124 Å². The molecule has 0 radical (unpaired) electrons. The molecule has 272 valence electrons. The van der Waals surface area contributed by atoms with E-state index in [0.29, 0.717) is 29.4 Å². The number of anilines is 1. The Morgan fingerprint density at radius 3 is 2.04 bits per heavy atom. The highest BCUT2D eigenvalue weighted by Crippen LogP contribution is 2.33. The molecule has 0 saturated heterocycles. The lowest BCUT2D eigenvalue weighted by Crippen LogP contribution is -2.56. The minimum atomic E-state index is -4.39. The molecule has 11 nitrogen and oxygen atoms in total. The van der Waals surface area contributed by atoms with Gasteiger partial charge in [0.2, 0.25) is 11.8 Å². The maximum Gasteiger partial charge on any atom is 0.264 e. The van der Waals surface area contributed by atoms with E-state index in [1.54, 1.807) is 49.6 Å². The Bertz CT molecular complexity index is 1880. The Morgan fingerprint density at radius 2 is 1.43 bits per heavy atom. The number of rotatable bonds is 16. The summed E-state index contributed by atoms with van der Waals surface area (Å²) in [7, 11) is 0.0173. The highest BCUT2D eigenvalue weighted by molar-refractivity contribution is 7.92. The maximum absolute atomic E-state index is 14.8. The molecule has 4 aromatic carbocycles. The van der Waals surface area contributed by atoms with E-state index in [1.807, 2.05) is 64.1 Å². The van der Waals surface area contributed by atoms with E-state index in [0.717, 1.165) is 9.87 Å². The molecule has 0 aliphatic rings. The van der Waals surface area contributed by atoms with Crippen LogP contribution in [0.15, 0.2) is 102 Å². The van der Waals surface area contributed by atoms with Crippen LogP contribution in [0.3, 0.4) is 0 Å². The van der Waals surface area contributed by atoms with Crippen LogP contribution >= 0.6 is 0 Å². The van der Waals surface area contributed by atoms with Crippen molar-refractivity contribution in [1.82, 2.24) is 10.2 Å². The molecule has 2 amide bonds. The van der Waals surface area contributed by atoms with Gasteiger partial charge in [-0.05, 0) is 87.4 Å². The molecule has 0 aliphatic carbocycles. The van der Waals surface area contributed by atoms with Crippen molar-refractivity contribution < 1.29 is 37.0 Å². The first-order valence-electron chi connectivity index (χ1n) is 16.6. The molecule has 4 aromatic rings. The van der Waals surface area contributed by atoms with Crippen molar-refractivity contribution in [3.8, 4) is 23.0 Å². The zero-order valence-corrected chi connectivity index (χ0v) is 31.0. The number of benzene rings is 4. The maximum atomic E-state index is 14.8. The summed E-state index contributed by atoms with van der Waals surface area (Å²) in [6, 6.07) is 26.3. The summed E-state index contributed by atoms with van der Waals surface area (Å²) in [6.07, 6.45) is 0.184. The summed E-state index contributed by atoms with van der Waals surface area (Å²) < 4.78 is 51.9. The van der Waals surface area contributed by atoms with Crippen LogP contribution in [0.2, 0.25) is 0 Å². The number of ether oxygens (including phenoxy) is 4. The molecule has 0 aromatic heterocycles. The van der Waals surface area contributed by atoms with Crippen molar-refractivity contribution in [2.24, 2.45) is 0 Å². The van der Waals surface area contributed by atoms with Gasteiger partial charge < -0.3 is 29.2 Å². The Balaban J connectivity index is 1.86. The predicted molar refractivity (Wildman–Crippen MR) is 197 cm³/mol. The van der Waals surface area contributed by atoms with E-state index >= 15 is 0 Å². The first kappa shape index (κ1) is 38.6. The molecule has 0 bridgehead atoms. The zero-order chi connectivity index (χ0) is 37.2. The lowest BCUT2D eigenvalue weighted by Gasteiger charge is -2.35. The first-order chi connectivity index (χ1) is 24.3. The van der Waals surface area contributed by atoms with Gasteiger partial charge in [-0.15, -0.1) is 0 Å². The van der Waals surface area contributed by atoms with Gasteiger partial charge in [-0.1, -0.05) is 42.5 Å². The summed E-state index contributed by atoms with van der Waals surface area (Å²) >= 11 is 0. The standard InChI is InChI=1S/C39H47N3O8S/c1-8-50-31-19-17-30(18-20-31)42(51(45,46)33-21-22-35(48-6)36(25-33)49-7)27-37(43)41(26-29-15-12-16-32(23-29)47-5)34(38(44)40-39(2,3)4)24-28-13-10-9-11-14-28/h9-23,25,34H,8,24,26-27H2,1-7H3,(H,40,44). The predicted octanol–water partition coefficient (Wildman–Crippen LogP) is 5.86. The summed E-state index contributed by atoms with van der Waals surface area (Å²) in [4.78, 5) is 30.2. The molecular weight excluding hydrogens is 671 g/mol.